The largest absolute Gasteiger partial charge is 0.462 e. The lowest BCUT2D eigenvalue weighted by molar-refractivity contribution is 0.0527. The average molecular weight is 560 g/mol. The first kappa shape index (κ1) is 27.3. The van der Waals surface area contributed by atoms with E-state index in [-0.39, 0.29) is 36.8 Å². The second-order valence-electron chi connectivity index (χ2n) is 7.48. The molecule has 35 heavy (non-hydrogen) atoms. The Labute approximate surface area is 219 Å². The summed E-state index contributed by atoms with van der Waals surface area (Å²) in [6.45, 7) is 6.60. The monoisotopic (exact) mass is 559 g/mol. The minimum Gasteiger partial charge on any atom is -0.462 e. The van der Waals surface area contributed by atoms with Crippen molar-refractivity contribution in [3.8, 4) is 0 Å². The summed E-state index contributed by atoms with van der Waals surface area (Å²) in [7, 11) is -3.65. The number of thiophene rings is 1. The van der Waals surface area contributed by atoms with Crippen molar-refractivity contribution in [2.75, 3.05) is 44.7 Å². The molecule has 1 aromatic carbocycles. The molecular formula is C22H26ClN3O6S3. The van der Waals surface area contributed by atoms with Gasteiger partial charge in [0.2, 0.25) is 10.0 Å². The summed E-state index contributed by atoms with van der Waals surface area (Å²) < 4.78 is 37.5. The number of nitrogens with zero attached hydrogens (tertiary/aromatic N) is 2. The molecule has 2 heterocycles. The van der Waals surface area contributed by atoms with Crippen molar-refractivity contribution in [2.24, 2.45) is 0 Å². The Bertz CT molecular complexity index is 1210. The third-order valence-electron chi connectivity index (χ3n) is 5.28. The van der Waals surface area contributed by atoms with E-state index >= 15 is 0 Å². The number of ether oxygens (including phenoxy) is 2. The molecule has 0 amide bonds. The highest BCUT2D eigenvalue weighted by Gasteiger charge is 2.31. The van der Waals surface area contributed by atoms with E-state index in [1.165, 1.54) is 16.4 Å². The van der Waals surface area contributed by atoms with Crippen LogP contribution in [0.2, 0.25) is 5.02 Å². The molecule has 1 saturated heterocycles. The van der Waals surface area contributed by atoms with Crippen molar-refractivity contribution in [1.29, 1.82) is 0 Å². The SMILES string of the molecule is CCOC(=O)c1sc(NC(=S)N2CCN(S(=O)(=O)c3ccc(Cl)cc3)CC2)c(C(=O)OCC)c1C. The van der Waals surface area contributed by atoms with Crippen molar-refractivity contribution in [2.45, 2.75) is 25.7 Å². The molecule has 0 saturated carbocycles. The Balaban J connectivity index is 1.73. The molecule has 1 aliphatic rings. The molecule has 0 atom stereocenters. The van der Waals surface area contributed by atoms with Crippen LogP contribution in [0.5, 0.6) is 0 Å². The number of hydrogen-bond acceptors (Lipinski definition) is 8. The standard InChI is InChI=1S/C22H26ClN3O6S3/c1-4-31-20(27)17-14(3)18(21(28)32-5-2)34-19(17)24-22(33)25-10-12-26(13-11-25)35(29,30)16-8-6-15(23)7-9-16/h6-9H,4-5,10-13H2,1-3H3,(H,24,33). The van der Waals surface area contributed by atoms with Gasteiger partial charge in [0.05, 0.1) is 23.7 Å². The Morgan fingerprint density at radius 1 is 1.06 bits per heavy atom. The molecule has 190 valence electrons. The van der Waals surface area contributed by atoms with Crippen molar-refractivity contribution >= 4 is 67.2 Å². The first-order valence-electron chi connectivity index (χ1n) is 10.9. The molecular weight excluding hydrogens is 534 g/mol. The molecule has 1 fully saturated rings. The van der Waals surface area contributed by atoms with Gasteiger partial charge in [0.15, 0.2) is 5.11 Å². The molecule has 2 aromatic rings. The van der Waals surface area contributed by atoms with Crippen LogP contribution < -0.4 is 5.32 Å². The topological polar surface area (TPSA) is 105 Å². The smallest absolute Gasteiger partial charge is 0.348 e. The number of piperazine rings is 1. The van der Waals surface area contributed by atoms with Crippen molar-refractivity contribution < 1.29 is 27.5 Å². The summed E-state index contributed by atoms with van der Waals surface area (Å²) in [5.41, 5.74) is 0.683. The molecule has 0 aliphatic carbocycles. The second-order valence-corrected chi connectivity index (χ2v) is 11.3. The van der Waals surface area contributed by atoms with Crippen molar-refractivity contribution in [1.82, 2.24) is 9.21 Å². The third-order valence-corrected chi connectivity index (χ3v) is 9.00. The minimum atomic E-state index is -3.65. The van der Waals surface area contributed by atoms with Crippen molar-refractivity contribution in [3.05, 3.63) is 45.3 Å². The normalized spacial score (nSPS) is 14.5. The summed E-state index contributed by atoms with van der Waals surface area (Å²) >= 11 is 12.5. The van der Waals surface area contributed by atoms with Gasteiger partial charge in [-0.2, -0.15) is 4.31 Å². The molecule has 13 heteroatoms. The molecule has 1 N–H and O–H groups in total. The maximum atomic E-state index is 12.9. The lowest BCUT2D eigenvalue weighted by atomic mass is 10.1. The highest BCUT2D eigenvalue weighted by atomic mass is 35.5. The van der Waals surface area contributed by atoms with E-state index in [1.54, 1.807) is 32.9 Å². The Morgan fingerprint density at radius 2 is 1.63 bits per heavy atom. The Morgan fingerprint density at radius 3 is 2.20 bits per heavy atom. The number of carbonyl (C=O) groups is 2. The Hall–Kier alpha value is -2.25. The fraction of sp³-hybridized carbons (Fsp3) is 0.409. The molecule has 3 rings (SSSR count). The molecule has 0 unspecified atom stereocenters. The Kier molecular flexibility index (Phi) is 9.11. The van der Waals surface area contributed by atoms with Crippen LogP contribution in [0.25, 0.3) is 0 Å². The van der Waals surface area contributed by atoms with Crippen LogP contribution in [-0.2, 0) is 19.5 Å². The summed E-state index contributed by atoms with van der Waals surface area (Å²) in [5, 5.41) is 4.21. The van der Waals surface area contributed by atoms with Gasteiger partial charge in [-0.05, 0) is 62.8 Å². The summed E-state index contributed by atoms with van der Waals surface area (Å²) in [6.07, 6.45) is 0. The summed E-state index contributed by atoms with van der Waals surface area (Å²) in [4.78, 5) is 27.2. The van der Waals surface area contributed by atoms with Gasteiger partial charge in [-0.1, -0.05) is 11.6 Å². The van der Waals surface area contributed by atoms with Gasteiger partial charge in [-0.3, -0.25) is 0 Å². The number of anilines is 1. The second kappa shape index (κ2) is 11.7. The highest BCUT2D eigenvalue weighted by molar-refractivity contribution is 7.89. The van der Waals surface area contributed by atoms with Gasteiger partial charge < -0.3 is 19.7 Å². The fourth-order valence-corrected chi connectivity index (χ4v) is 6.49. The van der Waals surface area contributed by atoms with E-state index < -0.39 is 22.0 Å². The summed E-state index contributed by atoms with van der Waals surface area (Å²) in [6, 6.07) is 6.04. The molecule has 0 bridgehead atoms. The minimum absolute atomic E-state index is 0.177. The quantitative estimate of drug-likeness (QED) is 0.401. The number of sulfonamides is 1. The maximum Gasteiger partial charge on any atom is 0.348 e. The zero-order chi connectivity index (χ0) is 25.8. The first-order valence-corrected chi connectivity index (χ1v) is 13.9. The predicted octanol–water partition coefficient (Wildman–Crippen LogP) is 3.77. The van der Waals surface area contributed by atoms with Gasteiger partial charge in [-0.25, -0.2) is 18.0 Å². The van der Waals surface area contributed by atoms with Gasteiger partial charge in [0.25, 0.3) is 0 Å². The van der Waals surface area contributed by atoms with E-state index in [0.29, 0.717) is 38.7 Å². The molecule has 1 aromatic heterocycles. The van der Waals surface area contributed by atoms with Gasteiger partial charge in [0, 0.05) is 31.2 Å². The summed E-state index contributed by atoms with van der Waals surface area (Å²) in [5.74, 6) is -1.10. The maximum absolute atomic E-state index is 12.9. The predicted molar refractivity (Wildman–Crippen MR) is 139 cm³/mol. The van der Waals surface area contributed by atoms with Crippen LogP contribution in [0.4, 0.5) is 5.00 Å². The molecule has 9 nitrogen and oxygen atoms in total. The van der Waals surface area contributed by atoms with E-state index in [2.05, 4.69) is 5.32 Å². The van der Waals surface area contributed by atoms with Gasteiger partial charge in [0.1, 0.15) is 9.88 Å². The lowest BCUT2D eigenvalue weighted by Crippen LogP contribution is -2.51. The highest BCUT2D eigenvalue weighted by Crippen LogP contribution is 2.34. The van der Waals surface area contributed by atoms with Crippen LogP contribution in [0.1, 0.15) is 39.4 Å². The molecule has 1 aliphatic heterocycles. The zero-order valence-electron chi connectivity index (χ0n) is 19.5. The van der Waals surface area contributed by atoms with Gasteiger partial charge in [-0.15, -0.1) is 11.3 Å². The zero-order valence-corrected chi connectivity index (χ0v) is 22.7. The number of thiocarbonyl (C=S) groups is 1. The third kappa shape index (κ3) is 6.12. The number of nitrogens with one attached hydrogen (secondary N) is 1. The van der Waals surface area contributed by atoms with Crippen LogP contribution in [0, 0.1) is 6.92 Å². The van der Waals surface area contributed by atoms with E-state index in [4.69, 9.17) is 33.3 Å². The number of halogens is 1. The number of rotatable bonds is 7. The number of benzene rings is 1. The van der Waals surface area contributed by atoms with Crippen LogP contribution in [0.15, 0.2) is 29.2 Å². The molecule has 0 spiro atoms. The number of esters is 2. The fourth-order valence-electron chi connectivity index (χ4n) is 3.51. The average Bonchev–Trinajstić information content (AvgIpc) is 3.15. The molecule has 0 radical (unpaired) electrons. The van der Waals surface area contributed by atoms with E-state index in [0.717, 1.165) is 11.3 Å². The van der Waals surface area contributed by atoms with Crippen LogP contribution >= 0.6 is 35.2 Å². The number of carbonyl (C=O) groups excluding carboxylic acids is 2. The van der Waals surface area contributed by atoms with Crippen LogP contribution in [-0.4, -0.2) is 74.1 Å². The van der Waals surface area contributed by atoms with E-state index in [9.17, 15) is 18.0 Å². The van der Waals surface area contributed by atoms with E-state index in [1.807, 2.05) is 4.90 Å². The van der Waals surface area contributed by atoms with Gasteiger partial charge >= 0.3 is 11.9 Å². The first-order chi connectivity index (χ1) is 16.6. The van der Waals surface area contributed by atoms with Crippen LogP contribution in [0.3, 0.4) is 0 Å². The lowest BCUT2D eigenvalue weighted by Gasteiger charge is -2.35. The number of hydrogen-bond donors (Lipinski definition) is 1. The van der Waals surface area contributed by atoms with Crippen molar-refractivity contribution in [3.63, 3.8) is 0 Å².